The van der Waals surface area contributed by atoms with E-state index in [0.29, 0.717) is 13.0 Å². The normalized spacial score (nSPS) is 13.4. The Labute approximate surface area is 143 Å². The van der Waals surface area contributed by atoms with Crippen LogP contribution in [0.25, 0.3) is 0 Å². The van der Waals surface area contributed by atoms with Crippen molar-refractivity contribution in [2.24, 2.45) is 0 Å². The molecular weight excluding hydrogens is 304 g/mol. The summed E-state index contributed by atoms with van der Waals surface area (Å²) in [4.78, 5) is 12.3. The van der Waals surface area contributed by atoms with Crippen LogP contribution in [0.5, 0.6) is 0 Å². The van der Waals surface area contributed by atoms with E-state index < -0.39 is 12.2 Å². The van der Waals surface area contributed by atoms with E-state index in [0.717, 1.165) is 11.1 Å². The molecule has 0 saturated heterocycles. The molecule has 128 valence electrons. The van der Waals surface area contributed by atoms with Gasteiger partial charge in [0.25, 0.3) is 0 Å². The van der Waals surface area contributed by atoms with Crippen LogP contribution >= 0.6 is 0 Å². The second-order valence-corrected chi connectivity index (χ2v) is 5.64. The van der Waals surface area contributed by atoms with E-state index in [1.807, 2.05) is 67.6 Å². The summed E-state index contributed by atoms with van der Waals surface area (Å²) >= 11 is 0. The first-order chi connectivity index (χ1) is 11.7. The number of aliphatic hydroxyl groups is 1. The third kappa shape index (κ3) is 5.89. The van der Waals surface area contributed by atoms with Crippen LogP contribution in [0.3, 0.4) is 0 Å². The average molecular weight is 328 g/mol. The van der Waals surface area contributed by atoms with Gasteiger partial charge in [0.05, 0.1) is 19.3 Å². The Morgan fingerprint density at radius 2 is 1.50 bits per heavy atom. The summed E-state index contributed by atoms with van der Waals surface area (Å²) < 4.78 is 11.1. The van der Waals surface area contributed by atoms with Crippen LogP contribution in [0.1, 0.15) is 24.5 Å². The second kappa shape index (κ2) is 9.98. The number of carbonyl (C=O) groups is 1. The van der Waals surface area contributed by atoms with Crippen LogP contribution in [-0.2, 0) is 27.5 Å². The van der Waals surface area contributed by atoms with Gasteiger partial charge in [0.2, 0.25) is 0 Å². The Morgan fingerprint density at radius 1 is 0.958 bits per heavy atom. The Kier molecular flexibility index (Phi) is 7.62. The molecule has 2 rings (SSSR count). The second-order valence-electron chi connectivity index (χ2n) is 5.64. The minimum Gasteiger partial charge on any atom is -0.390 e. The first-order valence-electron chi connectivity index (χ1n) is 8.18. The fourth-order valence-corrected chi connectivity index (χ4v) is 2.32. The first kappa shape index (κ1) is 18.3. The molecule has 2 aromatic rings. The van der Waals surface area contributed by atoms with Gasteiger partial charge in [-0.25, -0.2) is 0 Å². The SMILES string of the molecule is CC[C@@H](O)[C@@H](OCc1ccccc1)C(=O)COCc1ccccc1. The highest BCUT2D eigenvalue weighted by Crippen LogP contribution is 2.11. The Morgan fingerprint density at radius 3 is 2.04 bits per heavy atom. The third-order valence-electron chi connectivity index (χ3n) is 3.71. The number of hydrogen-bond acceptors (Lipinski definition) is 4. The molecule has 0 bridgehead atoms. The van der Waals surface area contributed by atoms with Crippen LogP contribution in [0.4, 0.5) is 0 Å². The summed E-state index contributed by atoms with van der Waals surface area (Å²) in [5, 5.41) is 10.1. The number of ether oxygens (including phenoxy) is 2. The molecule has 0 heterocycles. The third-order valence-corrected chi connectivity index (χ3v) is 3.71. The molecule has 0 aliphatic heterocycles. The summed E-state index contributed by atoms with van der Waals surface area (Å²) in [6.07, 6.45) is -1.25. The molecule has 24 heavy (non-hydrogen) atoms. The molecule has 0 aromatic heterocycles. The summed E-state index contributed by atoms with van der Waals surface area (Å²) in [5.41, 5.74) is 1.96. The minimum absolute atomic E-state index is 0.0780. The van der Waals surface area contributed by atoms with E-state index in [1.54, 1.807) is 0 Å². The van der Waals surface area contributed by atoms with Crippen LogP contribution in [0.2, 0.25) is 0 Å². The van der Waals surface area contributed by atoms with Gasteiger partial charge in [-0.15, -0.1) is 0 Å². The molecule has 0 aliphatic carbocycles. The van der Waals surface area contributed by atoms with Gasteiger partial charge in [0.15, 0.2) is 5.78 Å². The van der Waals surface area contributed by atoms with Crippen molar-refractivity contribution in [2.45, 2.75) is 38.8 Å². The molecular formula is C20H24O4. The monoisotopic (exact) mass is 328 g/mol. The first-order valence-corrected chi connectivity index (χ1v) is 8.18. The van der Waals surface area contributed by atoms with Crippen molar-refractivity contribution in [1.82, 2.24) is 0 Å². The fraction of sp³-hybridized carbons (Fsp3) is 0.350. The van der Waals surface area contributed by atoms with Gasteiger partial charge >= 0.3 is 0 Å². The van der Waals surface area contributed by atoms with E-state index >= 15 is 0 Å². The summed E-state index contributed by atoms with van der Waals surface area (Å²) in [6, 6.07) is 19.2. The highest BCUT2D eigenvalue weighted by atomic mass is 16.5. The van der Waals surface area contributed by atoms with Crippen molar-refractivity contribution < 1.29 is 19.4 Å². The Balaban J connectivity index is 1.85. The number of aliphatic hydroxyl groups excluding tert-OH is 1. The number of rotatable bonds is 10. The molecule has 4 heteroatoms. The predicted octanol–water partition coefficient (Wildman–Crippen LogP) is 3.13. The van der Waals surface area contributed by atoms with Crippen LogP contribution in [0.15, 0.2) is 60.7 Å². The van der Waals surface area contributed by atoms with Crippen molar-refractivity contribution in [2.75, 3.05) is 6.61 Å². The molecule has 0 spiro atoms. The van der Waals surface area contributed by atoms with Crippen LogP contribution < -0.4 is 0 Å². The Bertz CT molecular complexity index is 598. The molecule has 1 N–H and O–H groups in total. The molecule has 0 saturated carbocycles. The maximum atomic E-state index is 12.3. The molecule has 0 unspecified atom stereocenters. The fourth-order valence-electron chi connectivity index (χ4n) is 2.32. The molecule has 0 aliphatic rings. The predicted molar refractivity (Wildman–Crippen MR) is 92.4 cm³/mol. The molecule has 4 nitrogen and oxygen atoms in total. The Hall–Kier alpha value is -2.01. The van der Waals surface area contributed by atoms with Gasteiger partial charge < -0.3 is 14.6 Å². The largest absolute Gasteiger partial charge is 0.390 e. The van der Waals surface area contributed by atoms with Crippen LogP contribution in [0, 0.1) is 0 Å². The molecule has 0 fully saturated rings. The van der Waals surface area contributed by atoms with Gasteiger partial charge in [0.1, 0.15) is 12.7 Å². The zero-order valence-electron chi connectivity index (χ0n) is 13.9. The van der Waals surface area contributed by atoms with Gasteiger partial charge in [-0.2, -0.15) is 0 Å². The number of hydrogen-bond donors (Lipinski definition) is 1. The van der Waals surface area contributed by atoms with E-state index in [4.69, 9.17) is 9.47 Å². The summed E-state index contributed by atoms with van der Waals surface area (Å²) in [7, 11) is 0. The lowest BCUT2D eigenvalue weighted by Gasteiger charge is -2.21. The van der Waals surface area contributed by atoms with E-state index in [9.17, 15) is 9.90 Å². The number of Topliss-reactive ketones (excluding diaryl/α,β-unsaturated/α-hetero) is 1. The topological polar surface area (TPSA) is 55.8 Å². The number of ketones is 1. The van der Waals surface area contributed by atoms with Crippen molar-refractivity contribution in [3.05, 3.63) is 71.8 Å². The van der Waals surface area contributed by atoms with E-state index in [1.165, 1.54) is 0 Å². The van der Waals surface area contributed by atoms with Gasteiger partial charge in [-0.05, 0) is 17.5 Å². The van der Waals surface area contributed by atoms with Gasteiger partial charge in [-0.3, -0.25) is 4.79 Å². The summed E-state index contributed by atoms with van der Waals surface area (Å²) in [5.74, 6) is -0.240. The zero-order valence-corrected chi connectivity index (χ0v) is 13.9. The van der Waals surface area contributed by atoms with Gasteiger partial charge in [-0.1, -0.05) is 67.6 Å². The average Bonchev–Trinajstić information content (AvgIpc) is 2.63. The molecule has 2 atom stereocenters. The molecule has 2 aromatic carbocycles. The van der Waals surface area contributed by atoms with Crippen molar-refractivity contribution >= 4 is 5.78 Å². The lowest BCUT2D eigenvalue weighted by Crippen LogP contribution is -2.38. The van der Waals surface area contributed by atoms with Gasteiger partial charge in [0, 0.05) is 0 Å². The summed E-state index contributed by atoms with van der Waals surface area (Å²) in [6.45, 7) is 2.39. The van der Waals surface area contributed by atoms with Crippen molar-refractivity contribution in [3.8, 4) is 0 Å². The number of carbonyl (C=O) groups excluding carboxylic acids is 1. The minimum atomic E-state index is -0.869. The maximum Gasteiger partial charge on any atom is 0.189 e. The maximum absolute atomic E-state index is 12.3. The zero-order chi connectivity index (χ0) is 17.2. The smallest absolute Gasteiger partial charge is 0.189 e. The lowest BCUT2D eigenvalue weighted by atomic mass is 10.1. The van der Waals surface area contributed by atoms with E-state index in [2.05, 4.69) is 0 Å². The highest BCUT2D eigenvalue weighted by molar-refractivity contribution is 5.84. The molecule has 0 radical (unpaired) electrons. The lowest BCUT2D eigenvalue weighted by molar-refractivity contribution is -0.145. The van der Waals surface area contributed by atoms with Crippen molar-refractivity contribution in [1.29, 1.82) is 0 Å². The standard InChI is InChI=1S/C20H24O4/c1-2-18(21)20(24-14-17-11-7-4-8-12-17)19(22)15-23-13-16-9-5-3-6-10-16/h3-12,18,20-21H,2,13-15H2,1H3/t18-,20-/m1/s1. The highest BCUT2D eigenvalue weighted by Gasteiger charge is 2.26. The quantitative estimate of drug-likeness (QED) is 0.728. The number of benzene rings is 2. The van der Waals surface area contributed by atoms with E-state index in [-0.39, 0.29) is 19.0 Å². The molecule has 0 amide bonds. The van der Waals surface area contributed by atoms with Crippen LogP contribution in [-0.4, -0.2) is 29.7 Å². The van der Waals surface area contributed by atoms with Crippen molar-refractivity contribution in [3.63, 3.8) is 0 Å².